The predicted molar refractivity (Wildman–Crippen MR) is 79.6 cm³/mol. The van der Waals surface area contributed by atoms with Gasteiger partial charge in [0.15, 0.2) is 12.6 Å². The third-order valence-corrected chi connectivity index (χ3v) is 4.73. The molecule has 2 aliphatic rings. The molecule has 24 heavy (non-hydrogen) atoms. The van der Waals surface area contributed by atoms with Gasteiger partial charge in [-0.15, -0.1) is 0 Å². The lowest BCUT2D eigenvalue weighted by molar-refractivity contribution is -0.335. The van der Waals surface area contributed by atoms with E-state index in [9.17, 15) is 30.6 Å². The van der Waals surface area contributed by atoms with Crippen molar-refractivity contribution >= 4 is 0 Å². The zero-order chi connectivity index (χ0) is 18.0. The summed E-state index contributed by atoms with van der Waals surface area (Å²) in [5.74, 6) is -0.499. The molecule has 2 saturated heterocycles. The summed E-state index contributed by atoms with van der Waals surface area (Å²) in [6.07, 6.45) is -8.93. The van der Waals surface area contributed by atoms with Gasteiger partial charge in [-0.25, -0.2) is 0 Å². The molecule has 9 nitrogen and oxygen atoms in total. The number of hydrogen-bond donors (Lipinski definition) is 6. The second-order valence-electron chi connectivity index (χ2n) is 6.75. The fourth-order valence-corrected chi connectivity index (χ4v) is 3.39. The van der Waals surface area contributed by atoms with Crippen molar-refractivity contribution in [3.05, 3.63) is 0 Å². The average molecular weight is 352 g/mol. The van der Waals surface area contributed by atoms with E-state index in [4.69, 9.17) is 14.2 Å². The summed E-state index contributed by atoms with van der Waals surface area (Å²) in [5, 5.41) is 58.6. The number of rotatable bonds is 5. The van der Waals surface area contributed by atoms with Gasteiger partial charge < -0.3 is 44.8 Å². The van der Waals surface area contributed by atoms with Crippen molar-refractivity contribution in [1.29, 1.82) is 0 Å². The molecule has 9 atom stereocenters. The topological polar surface area (TPSA) is 149 Å². The number of hydrogen-bond acceptors (Lipinski definition) is 9. The smallest absolute Gasteiger partial charge is 0.186 e. The molecule has 2 fully saturated rings. The zero-order valence-corrected chi connectivity index (χ0v) is 13.8. The van der Waals surface area contributed by atoms with Gasteiger partial charge in [-0.2, -0.15) is 0 Å². The van der Waals surface area contributed by atoms with Crippen molar-refractivity contribution in [3.8, 4) is 0 Å². The molecule has 0 amide bonds. The molecule has 7 unspecified atom stereocenters. The van der Waals surface area contributed by atoms with Crippen molar-refractivity contribution in [2.24, 2.45) is 11.8 Å². The van der Waals surface area contributed by atoms with Crippen LogP contribution in [0, 0.1) is 11.8 Å². The van der Waals surface area contributed by atoms with Crippen molar-refractivity contribution in [2.45, 2.75) is 69.5 Å². The highest BCUT2D eigenvalue weighted by atomic mass is 16.7. The molecule has 0 saturated carbocycles. The minimum Gasteiger partial charge on any atom is -0.394 e. The van der Waals surface area contributed by atoms with E-state index in [-0.39, 0.29) is 18.9 Å². The Morgan fingerprint density at radius 3 is 2.12 bits per heavy atom. The van der Waals surface area contributed by atoms with Crippen LogP contribution in [0.1, 0.15) is 20.3 Å². The third kappa shape index (κ3) is 4.06. The molecule has 9 heteroatoms. The Morgan fingerprint density at radius 1 is 0.958 bits per heavy atom. The molecule has 0 aliphatic carbocycles. The van der Waals surface area contributed by atoms with E-state index < -0.39 is 61.7 Å². The Kier molecular flexibility index (Phi) is 6.94. The van der Waals surface area contributed by atoms with Crippen LogP contribution in [0.4, 0.5) is 0 Å². The van der Waals surface area contributed by atoms with Crippen LogP contribution in [-0.4, -0.2) is 93.1 Å². The molecule has 2 rings (SSSR count). The van der Waals surface area contributed by atoms with Gasteiger partial charge in [0.25, 0.3) is 0 Å². The molecule has 0 aromatic heterocycles. The van der Waals surface area contributed by atoms with Gasteiger partial charge in [0, 0.05) is 12.3 Å². The van der Waals surface area contributed by atoms with Crippen molar-refractivity contribution in [2.75, 3.05) is 13.2 Å². The maximum atomic E-state index is 10.3. The van der Waals surface area contributed by atoms with E-state index in [2.05, 4.69) is 0 Å². The number of aliphatic hydroxyl groups is 6. The monoisotopic (exact) mass is 352 g/mol. The second kappa shape index (κ2) is 8.35. The standard InChI is InChI=1S/C15H28O9/c1-6(2)11-10(5-17)24-15(13(20)12(11)19)23-8-3-7(18)14(21)22-9(8)4-16/h6-21H,3-5H2,1-2H3/t7?,8?,9-,10?,11?,12?,13?,14+,15?/m0/s1. The summed E-state index contributed by atoms with van der Waals surface area (Å²) < 4.78 is 16.2. The lowest BCUT2D eigenvalue weighted by Gasteiger charge is -2.46. The molecular formula is C15H28O9. The third-order valence-electron chi connectivity index (χ3n) is 4.73. The van der Waals surface area contributed by atoms with Crippen LogP contribution in [0.15, 0.2) is 0 Å². The lowest BCUT2D eigenvalue weighted by Crippen LogP contribution is -2.60. The van der Waals surface area contributed by atoms with Gasteiger partial charge in [0.1, 0.15) is 18.3 Å². The Hall–Kier alpha value is -0.360. The lowest BCUT2D eigenvalue weighted by atomic mass is 9.81. The van der Waals surface area contributed by atoms with Crippen molar-refractivity contribution in [3.63, 3.8) is 0 Å². The molecular weight excluding hydrogens is 324 g/mol. The molecule has 0 spiro atoms. The van der Waals surface area contributed by atoms with E-state index in [1.807, 2.05) is 13.8 Å². The van der Waals surface area contributed by atoms with Crippen LogP contribution >= 0.6 is 0 Å². The minimum atomic E-state index is -1.43. The summed E-state index contributed by atoms with van der Waals surface area (Å²) in [6, 6.07) is 0. The van der Waals surface area contributed by atoms with E-state index in [1.165, 1.54) is 0 Å². The van der Waals surface area contributed by atoms with Gasteiger partial charge in [-0.05, 0) is 5.92 Å². The highest BCUT2D eigenvalue weighted by Gasteiger charge is 2.48. The normalized spacial score (nSPS) is 47.1. The molecule has 142 valence electrons. The highest BCUT2D eigenvalue weighted by Crippen LogP contribution is 2.33. The van der Waals surface area contributed by atoms with Crippen molar-refractivity contribution < 1.29 is 44.8 Å². The van der Waals surface area contributed by atoms with Crippen LogP contribution < -0.4 is 0 Å². The molecule has 0 radical (unpaired) electrons. The van der Waals surface area contributed by atoms with Crippen LogP contribution in [0.5, 0.6) is 0 Å². The van der Waals surface area contributed by atoms with Crippen LogP contribution in [-0.2, 0) is 14.2 Å². The first-order chi connectivity index (χ1) is 11.3. The zero-order valence-electron chi connectivity index (χ0n) is 13.8. The van der Waals surface area contributed by atoms with Crippen LogP contribution in [0.3, 0.4) is 0 Å². The maximum Gasteiger partial charge on any atom is 0.186 e. The molecule has 0 aromatic rings. The Morgan fingerprint density at radius 2 is 1.58 bits per heavy atom. The molecule has 2 aliphatic heterocycles. The molecule has 0 bridgehead atoms. The van der Waals surface area contributed by atoms with Gasteiger partial charge >= 0.3 is 0 Å². The maximum absolute atomic E-state index is 10.3. The number of aliphatic hydroxyl groups excluding tert-OH is 6. The Bertz CT molecular complexity index is 391. The average Bonchev–Trinajstić information content (AvgIpc) is 2.54. The molecule has 0 aromatic carbocycles. The predicted octanol–water partition coefficient (Wildman–Crippen LogP) is -2.46. The molecule has 6 N–H and O–H groups in total. The van der Waals surface area contributed by atoms with Crippen molar-refractivity contribution in [1.82, 2.24) is 0 Å². The molecule has 2 heterocycles. The van der Waals surface area contributed by atoms with Gasteiger partial charge in [-0.1, -0.05) is 13.8 Å². The van der Waals surface area contributed by atoms with E-state index >= 15 is 0 Å². The van der Waals surface area contributed by atoms with E-state index in [1.54, 1.807) is 0 Å². The largest absolute Gasteiger partial charge is 0.394 e. The fourth-order valence-electron chi connectivity index (χ4n) is 3.39. The first kappa shape index (κ1) is 20.0. The number of ether oxygens (including phenoxy) is 3. The van der Waals surface area contributed by atoms with Gasteiger partial charge in [-0.3, -0.25) is 0 Å². The summed E-state index contributed by atoms with van der Waals surface area (Å²) in [7, 11) is 0. The SMILES string of the molecule is CC(C)C1C(CO)OC(OC2CC(O)[C@H](O)O[C@H]2CO)C(O)C1O. The van der Waals surface area contributed by atoms with Crippen LogP contribution in [0.2, 0.25) is 0 Å². The van der Waals surface area contributed by atoms with E-state index in [0.717, 1.165) is 0 Å². The first-order valence-electron chi connectivity index (χ1n) is 8.20. The fraction of sp³-hybridized carbons (Fsp3) is 1.00. The second-order valence-corrected chi connectivity index (χ2v) is 6.75. The van der Waals surface area contributed by atoms with Crippen LogP contribution in [0.25, 0.3) is 0 Å². The summed E-state index contributed by atoms with van der Waals surface area (Å²) >= 11 is 0. The summed E-state index contributed by atoms with van der Waals surface area (Å²) in [4.78, 5) is 0. The quantitative estimate of drug-likeness (QED) is 0.317. The minimum absolute atomic E-state index is 0.0343. The Balaban J connectivity index is 2.08. The van der Waals surface area contributed by atoms with Gasteiger partial charge in [0.05, 0.1) is 31.5 Å². The summed E-state index contributed by atoms with van der Waals surface area (Å²) in [5.41, 5.74) is 0. The first-order valence-corrected chi connectivity index (χ1v) is 8.20. The van der Waals surface area contributed by atoms with Gasteiger partial charge in [0.2, 0.25) is 0 Å². The summed E-state index contributed by atoms with van der Waals surface area (Å²) in [6.45, 7) is 2.89. The highest BCUT2D eigenvalue weighted by molar-refractivity contribution is 4.92. The van der Waals surface area contributed by atoms with E-state index in [0.29, 0.717) is 0 Å². The Labute approximate surface area is 140 Å².